The van der Waals surface area contributed by atoms with Crippen molar-refractivity contribution in [3.8, 4) is 11.5 Å². The number of aryl methyl sites for hydroxylation is 2. The van der Waals surface area contributed by atoms with Gasteiger partial charge in [-0.3, -0.25) is 4.79 Å². The molecule has 0 saturated carbocycles. The fraction of sp³-hybridized carbons (Fsp3) is 0.286. The van der Waals surface area contributed by atoms with Gasteiger partial charge in [-0.2, -0.15) is 0 Å². The van der Waals surface area contributed by atoms with E-state index in [0.29, 0.717) is 11.5 Å². The molecule has 1 heterocycles. The molecule has 1 amide bonds. The summed E-state index contributed by atoms with van der Waals surface area (Å²) in [5, 5.41) is 25.6. The van der Waals surface area contributed by atoms with E-state index >= 15 is 0 Å². The number of benzene rings is 1. The second-order valence-electron chi connectivity index (χ2n) is 4.63. The third-order valence-electron chi connectivity index (χ3n) is 3.09. The number of hydrogen-bond donors (Lipinski definition) is 3. The van der Waals surface area contributed by atoms with Crippen LogP contribution in [-0.2, 0) is 0 Å². The summed E-state index contributed by atoms with van der Waals surface area (Å²) >= 11 is 0. The summed E-state index contributed by atoms with van der Waals surface area (Å²) in [5.41, 5.74) is 1.53. The summed E-state index contributed by atoms with van der Waals surface area (Å²) in [5.74, 6) is -0.120. The maximum atomic E-state index is 12.1. The lowest BCUT2D eigenvalue weighted by atomic mass is 10.1. The highest BCUT2D eigenvalue weighted by molar-refractivity contribution is 5.97. The van der Waals surface area contributed by atoms with Crippen molar-refractivity contribution in [2.75, 3.05) is 0 Å². The average Bonchev–Trinajstić information content (AvgIpc) is 2.71. The molecule has 0 aliphatic rings. The number of hydrogen-bond acceptors (Lipinski definition) is 5. The van der Waals surface area contributed by atoms with Crippen molar-refractivity contribution in [2.45, 2.75) is 26.8 Å². The molecule has 1 aromatic heterocycles. The molecule has 3 N–H and O–H groups in total. The molecule has 2 aromatic rings. The summed E-state index contributed by atoms with van der Waals surface area (Å²) in [4.78, 5) is 12.1. The lowest BCUT2D eigenvalue weighted by molar-refractivity contribution is 0.0936. The van der Waals surface area contributed by atoms with Crippen molar-refractivity contribution < 1.29 is 19.5 Å². The van der Waals surface area contributed by atoms with Crippen LogP contribution in [0.2, 0.25) is 0 Å². The van der Waals surface area contributed by atoms with E-state index in [2.05, 4.69) is 10.5 Å². The van der Waals surface area contributed by atoms with E-state index in [-0.39, 0.29) is 23.1 Å². The Balaban J connectivity index is 2.22. The topological polar surface area (TPSA) is 95.6 Å². The molecule has 1 aromatic carbocycles. The summed E-state index contributed by atoms with van der Waals surface area (Å²) < 4.78 is 5.06. The maximum absolute atomic E-state index is 12.1. The van der Waals surface area contributed by atoms with Crippen LogP contribution < -0.4 is 5.32 Å². The van der Waals surface area contributed by atoms with Gasteiger partial charge in [0.2, 0.25) is 0 Å². The van der Waals surface area contributed by atoms with Crippen molar-refractivity contribution >= 4 is 5.91 Å². The van der Waals surface area contributed by atoms with E-state index in [1.54, 1.807) is 20.8 Å². The van der Waals surface area contributed by atoms with Crippen LogP contribution in [0.25, 0.3) is 0 Å². The Kier molecular flexibility index (Phi) is 3.65. The summed E-state index contributed by atoms with van der Waals surface area (Å²) in [6.07, 6.45) is 0. The molecule has 0 spiro atoms. The third kappa shape index (κ3) is 2.59. The first-order chi connectivity index (χ1) is 9.40. The van der Waals surface area contributed by atoms with Crippen LogP contribution in [0.4, 0.5) is 0 Å². The number of aromatic nitrogens is 1. The molecule has 2 rings (SSSR count). The summed E-state index contributed by atoms with van der Waals surface area (Å²) in [7, 11) is 0. The fourth-order valence-corrected chi connectivity index (χ4v) is 2.16. The first-order valence-corrected chi connectivity index (χ1v) is 6.15. The number of carbonyl (C=O) groups is 1. The molecule has 6 heteroatoms. The highest BCUT2D eigenvalue weighted by atomic mass is 16.5. The normalized spacial score (nSPS) is 12.2. The molecule has 20 heavy (non-hydrogen) atoms. The van der Waals surface area contributed by atoms with Gasteiger partial charge in [-0.05, 0) is 39.0 Å². The first kappa shape index (κ1) is 13.9. The van der Waals surface area contributed by atoms with Crippen LogP contribution in [0.3, 0.4) is 0 Å². The molecule has 0 aliphatic carbocycles. The van der Waals surface area contributed by atoms with E-state index in [1.807, 2.05) is 0 Å². The highest BCUT2D eigenvalue weighted by Gasteiger charge is 2.20. The smallest absolute Gasteiger partial charge is 0.255 e. The molecule has 0 saturated heterocycles. The van der Waals surface area contributed by atoms with Gasteiger partial charge in [-0.25, -0.2) is 0 Å². The Morgan fingerprint density at radius 3 is 2.65 bits per heavy atom. The number of aromatic hydroxyl groups is 2. The standard InChI is InChI=1S/C14H16N2O4/c1-7(13-8(2)16-20-9(13)3)15-14(19)11-6-10(17)4-5-12(11)18/h4-7,17-18H,1-3H3,(H,15,19). The Hall–Kier alpha value is -2.50. The molecule has 6 nitrogen and oxygen atoms in total. The number of phenolic OH excluding ortho intramolecular Hbond substituents is 2. The van der Waals surface area contributed by atoms with Crippen LogP contribution >= 0.6 is 0 Å². The number of phenols is 2. The van der Waals surface area contributed by atoms with Gasteiger partial charge in [-0.15, -0.1) is 0 Å². The number of rotatable bonds is 3. The molecular formula is C14H16N2O4. The molecule has 0 fully saturated rings. The van der Waals surface area contributed by atoms with Crippen molar-refractivity contribution in [1.82, 2.24) is 10.5 Å². The predicted octanol–water partition coefficient (Wildman–Crippen LogP) is 2.19. The van der Waals surface area contributed by atoms with Crippen molar-refractivity contribution in [1.29, 1.82) is 0 Å². The van der Waals surface area contributed by atoms with Crippen LogP contribution in [-0.4, -0.2) is 21.3 Å². The van der Waals surface area contributed by atoms with E-state index in [4.69, 9.17) is 4.52 Å². The second-order valence-corrected chi connectivity index (χ2v) is 4.63. The van der Waals surface area contributed by atoms with Gasteiger partial charge in [0, 0.05) is 5.56 Å². The molecule has 1 unspecified atom stereocenters. The zero-order valence-corrected chi connectivity index (χ0v) is 11.5. The van der Waals surface area contributed by atoms with Gasteiger partial charge in [-0.1, -0.05) is 5.16 Å². The minimum Gasteiger partial charge on any atom is -0.508 e. The van der Waals surface area contributed by atoms with Gasteiger partial charge in [0.25, 0.3) is 5.91 Å². The maximum Gasteiger partial charge on any atom is 0.255 e. The molecular weight excluding hydrogens is 260 g/mol. The van der Waals surface area contributed by atoms with Gasteiger partial charge in [0.05, 0.1) is 17.3 Å². The fourth-order valence-electron chi connectivity index (χ4n) is 2.16. The molecule has 0 bridgehead atoms. The number of carbonyl (C=O) groups excluding carboxylic acids is 1. The molecule has 0 aliphatic heterocycles. The number of amides is 1. The number of nitrogens with one attached hydrogen (secondary N) is 1. The number of nitrogens with zero attached hydrogens (tertiary/aromatic N) is 1. The Morgan fingerprint density at radius 1 is 1.35 bits per heavy atom. The van der Waals surface area contributed by atoms with Crippen molar-refractivity contribution in [3.63, 3.8) is 0 Å². The van der Waals surface area contributed by atoms with Crippen LogP contribution in [0.5, 0.6) is 11.5 Å². The van der Waals surface area contributed by atoms with Crippen molar-refractivity contribution in [2.24, 2.45) is 0 Å². The molecule has 0 radical (unpaired) electrons. The van der Waals surface area contributed by atoms with Crippen LogP contribution in [0.1, 0.15) is 40.3 Å². The van der Waals surface area contributed by atoms with Crippen LogP contribution in [0.15, 0.2) is 22.7 Å². The average molecular weight is 276 g/mol. The minimum atomic E-state index is -0.481. The summed E-state index contributed by atoms with van der Waals surface area (Å²) in [6.45, 7) is 5.36. The minimum absolute atomic E-state index is 0.0172. The molecule has 1 atom stereocenters. The Bertz CT molecular complexity index is 629. The first-order valence-electron chi connectivity index (χ1n) is 6.15. The van der Waals surface area contributed by atoms with Gasteiger partial charge in [0.1, 0.15) is 17.3 Å². The van der Waals surface area contributed by atoms with E-state index in [1.165, 1.54) is 18.2 Å². The second kappa shape index (κ2) is 5.24. The van der Waals surface area contributed by atoms with E-state index < -0.39 is 5.91 Å². The van der Waals surface area contributed by atoms with E-state index in [9.17, 15) is 15.0 Å². The van der Waals surface area contributed by atoms with Gasteiger partial charge in [0.15, 0.2) is 0 Å². The Morgan fingerprint density at radius 2 is 2.05 bits per heavy atom. The van der Waals surface area contributed by atoms with E-state index in [0.717, 1.165) is 5.56 Å². The third-order valence-corrected chi connectivity index (χ3v) is 3.09. The van der Waals surface area contributed by atoms with Crippen LogP contribution in [0, 0.1) is 13.8 Å². The highest BCUT2D eigenvalue weighted by Crippen LogP contribution is 2.25. The van der Waals surface area contributed by atoms with Gasteiger partial charge >= 0.3 is 0 Å². The predicted molar refractivity (Wildman–Crippen MR) is 71.6 cm³/mol. The lowest BCUT2D eigenvalue weighted by Crippen LogP contribution is -2.27. The van der Waals surface area contributed by atoms with Gasteiger partial charge < -0.3 is 20.1 Å². The quantitative estimate of drug-likeness (QED) is 0.747. The lowest BCUT2D eigenvalue weighted by Gasteiger charge is -2.14. The zero-order valence-electron chi connectivity index (χ0n) is 11.5. The largest absolute Gasteiger partial charge is 0.508 e. The SMILES string of the molecule is Cc1noc(C)c1C(C)NC(=O)c1cc(O)ccc1O. The summed E-state index contributed by atoms with van der Waals surface area (Å²) in [6, 6.07) is 3.47. The zero-order chi connectivity index (χ0) is 14.9. The Labute approximate surface area is 116 Å². The van der Waals surface area contributed by atoms with Crippen molar-refractivity contribution in [3.05, 3.63) is 40.8 Å². The molecule has 106 valence electrons. The monoisotopic (exact) mass is 276 g/mol.